The summed E-state index contributed by atoms with van der Waals surface area (Å²) in [6.07, 6.45) is 2.26. The molecule has 0 saturated carbocycles. The molecule has 0 aliphatic heterocycles. The minimum Gasteiger partial charge on any atom is -0.486 e. The Morgan fingerprint density at radius 1 is 1.23 bits per heavy atom. The van der Waals surface area contributed by atoms with Crippen LogP contribution in [0.2, 0.25) is 0 Å². The Kier molecular flexibility index (Phi) is 6.30. The number of aryl methyl sites for hydroxylation is 1. The molecular weight excluding hydrogens is 364 g/mol. The minimum absolute atomic E-state index is 0.0699. The summed E-state index contributed by atoms with van der Waals surface area (Å²) in [4.78, 5) is 17.8. The monoisotopic (exact) mass is 384 g/mol. The van der Waals surface area contributed by atoms with Gasteiger partial charge < -0.3 is 10.1 Å². The van der Waals surface area contributed by atoms with E-state index in [9.17, 15) is 4.79 Å². The maximum atomic E-state index is 12.2. The fraction of sp³-hybridized carbons (Fsp3) is 0.200. The first-order valence-electron chi connectivity index (χ1n) is 8.19. The third kappa shape index (κ3) is 5.34. The highest BCUT2D eigenvalue weighted by atomic mass is 32.2. The van der Waals surface area contributed by atoms with Gasteiger partial charge in [0.05, 0.1) is 12.1 Å². The number of hydrogen-bond acceptors (Lipinski definition) is 5. The predicted octanol–water partition coefficient (Wildman–Crippen LogP) is 4.93. The number of carbonyl (C=O) groups is 1. The number of benzene rings is 2. The molecule has 6 heteroatoms. The molecule has 0 atom stereocenters. The molecule has 0 aliphatic carbocycles. The van der Waals surface area contributed by atoms with Gasteiger partial charge in [0.1, 0.15) is 17.4 Å². The van der Waals surface area contributed by atoms with E-state index < -0.39 is 0 Å². The molecule has 26 heavy (non-hydrogen) atoms. The first-order chi connectivity index (χ1) is 12.6. The molecule has 0 bridgehead atoms. The summed E-state index contributed by atoms with van der Waals surface area (Å²) in [5, 5.41) is 5.69. The normalized spacial score (nSPS) is 10.5. The lowest BCUT2D eigenvalue weighted by Gasteiger charge is -2.05. The van der Waals surface area contributed by atoms with Gasteiger partial charge >= 0.3 is 0 Å². The van der Waals surface area contributed by atoms with Crippen molar-refractivity contribution in [3.05, 3.63) is 70.2 Å². The topological polar surface area (TPSA) is 51.2 Å². The molecule has 1 amide bonds. The molecule has 0 fully saturated rings. The van der Waals surface area contributed by atoms with Crippen molar-refractivity contribution in [1.29, 1.82) is 0 Å². The van der Waals surface area contributed by atoms with E-state index in [2.05, 4.69) is 10.3 Å². The van der Waals surface area contributed by atoms with Gasteiger partial charge in [-0.05, 0) is 43.5 Å². The van der Waals surface area contributed by atoms with E-state index in [1.165, 1.54) is 16.9 Å². The van der Waals surface area contributed by atoms with Crippen LogP contribution in [-0.2, 0) is 17.8 Å². The van der Waals surface area contributed by atoms with Gasteiger partial charge in [0, 0.05) is 16.0 Å². The minimum atomic E-state index is -0.0699. The van der Waals surface area contributed by atoms with Gasteiger partial charge in [-0.1, -0.05) is 23.8 Å². The van der Waals surface area contributed by atoms with Crippen LogP contribution in [0.5, 0.6) is 5.75 Å². The Morgan fingerprint density at radius 3 is 2.81 bits per heavy atom. The lowest BCUT2D eigenvalue weighted by molar-refractivity contribution is -0.115. The highest BCUT2D eigenvalue weighted by molar-refractivity contribution is 7.98. The highest BCUT2D eigenvalue weighted by Gasteiger charge is 2.09. The number of carbonyl (C=O) groups excluding carboxylic acids is 1. The molecule has 134 valence electrons. The van der Waals surface area contributed by atoms with Crippen molar-refractivity contribution < 1.29 is 9.53 Å². The van der Waals surface area contributed by atoms with E-state index in [0.29, 0.717) is 6.61 Å². The van der Waals surface area contributed by atoms with Crippen molar-refractivity contribution in [2.75, 3.05) is 11.6 Å². The van der Waals surface area contributed by atoms with Crippen LogP contribution in [0.1, 0.15) is 16.3 Å². The number of rotatable bonds is 7. The quantitative estimate of drug-likeness (QED) is 0.587. The fourth-order valence-electron chi connectivity index (χ4n) is 2.35. The second kappa shape index (κ2) is 8.87. The van der Waals surface area contributed by atoms with E-state index in [-0.39, 0.29) is 12.3 Å². The number of amides is 1. The van der Waals surface area contributed by atoms with E-state index in [4.69, 9.17) is 4.74 Å². The molecule has 1 heterocycles. The molecule has 3 rings (SSSR count). The van der Waals surface area contributed by atoms with Gasteiger partial charge in [0.2, 0.25) is 5.91 Å². The first-order valence-corrected chi connectivity index (χ1v) is 10.3. The zero-order valence-electron chi connectivity index (χ0n) is 14.7. The summed E-state index contributed by atoms with van der Waals surface area (Å²) < 4.78 is 5.73. The number of thioether (sulfide) groups is 1. The standard InChI is InChI=1S/C20H20N2O2S2/c1-14-6-8-17(9-7-14)24-12-20-22-16(13-26-20)11-19(23)21-15-4-3-5-18(10-15)25-2/h3-10,13H,11-12H2,1-2H3,(H,21,23). The number of nitrogens with zero attached hydrogens (tertiary/aromatic N) is 1. The van der Waals surface area contributed by atoms with Crippen LogP contribution >= 0.6 is 23.1 Å². The van der Waals surface area contributed by atoms with Crippen LogP contribution < -0.4 is 10.1 Å². The number of hydrogen-bond donors (Lipinski definition) is 1. The summed E-state index contributed by atoms with van der Waals surface area (Å²) in [5.41, 5.74) is 2.76. The molecule has 0 aliphatic rings. The van der Waals surface area contributed by atoms with Crippen molar-refractivity contribution in [1.82, 2.24) is 4.98 Å². The van der Waals surface area contributed by atoms with Gasteiger partial charge in [-0.15, -0.1) is 23.1 Å². The molecule has 0 saturated heterocycles. The molecule has 0 unspecified atom stereocenters. The van der Waals surface area contributed by atoms with Crippen molar-refractivity contribution in [3.8, 4) is 5.75 Å². The summed E-state index contributed by atoms with van der Waals surface area (Å²) in [7, 11) is 0. The molecule has 4 nitrogen and oxygen atoms in total. The van der Waals surface area contributed by atoms with Gasteiger partial charge in [0.15, 0.2) is 0 Å². The third-order valence-corrected chi connectivity index (χ3v) is 5.27. The summed E-state index contributed by atoms with van der Waals surface area (Å²) in [5.74, 6) is 0.748. The molecule has 1 aromatic heterocycles. The number of aromatic nitrogens is 1. The van der Waals surface area contributed by atoms with Crippen LogP contribution in [0.15, 0.2) is 58.8 Å². The lowest BCUT2D eigenvalue weighted by atomic mass is 10.2. The summed E-state index contributed by atoms with van der Waals surface area (Å²) in [6.45, 7) is 2.45. The van der Waals surface area contributed by atoms with Crippen molar-refractivity contribution >= 4 is 34.7 Å². The third-order valence-electron chi connectivity index (χ3n) is 3.68. The average molecular weight is 385 g/mol. The Balaban J connectivity index is 1.52. The van der Waals surface area contributed by atoms with E-state index >= 15 is 0 Å². The molecule has 0 spiro atoms. The van der Waals surface area contributed by atoms with Gasteiger partial charge in [0.25, 0.3) is 0 Å². The second-order valence-electron chi connectivity index (χ2n) is 5.79. The number of nitrogens with one attached hydrogen (secondary N) is 1. The van der Waals surface area contributed by atoms with Crippen molar-refractivity contribution in [3.63, 3.8) is 0 Å². The number of anilines is 1. The Hall–Kier alpha value is -2.31. The van der Waals surface area contributed by atoms with Gasteiger partial charge in [-0.2, -0.15) is 0 Å². The molecular formula is C20H20N2O2S2. The number of ether oxygens (including phenoxy) is 1. The second-order valence-corrected chi connectivity index (χ2v) is 7.61. The van der Waals surface area contributed by atoms with Crippen LogP contribution in [0.3, 0.4) is 0 Å². The molecule has 3 aromatic rings. The zero-order valence-corrected chi connectivity index (χ0v) is 16.3. The van der Waals surface area contributed by atoms with E-state index in [0.717, 1.165) is 27.0 Å². The van der Waals surface area contributed by atoms with Crippen LogP contribution in [0.4, 0.5) is 5.69 Å². The Bertz CT molecular complexity index is 876. The lowest BCUT2D eigenvalue weighted by Crippen LogP contribution is -2.14. The smallest absolute Gasteiger partial charge is 0.230 e. The van der Waals surface area contributed by atoms with E-state index in [1.54, 1.807) is 11.8 Å². The SMILES string of the molecule is CSc1cccc(NC(=O)Cc2csc(COc3ccc(C)cc3)n2)c1. The zero-order chi connectivity index (χ0) is 18.4. The van der Waals surface area contributed by atoms with Crippen LogP contribution in [0.25, 0.3) is 0 Å². The summed E-state index contributed by atoms with van der Waals surface area (Å²) in [6, 6.07) is 15.7. The fourth-order valence-corrected chi connectivity index (χ4v) is 3.51. The predicted molar refractivity (Wildman–Crippen MR) is 108 cm³/mol. The average Bonchev–Trinajstić information content (AvgIpc) is 3.08. The molecule has 1 N–H and O–H groups in total. The molecule has 0 radical (unpaired) electrons. The maximum absolute atomic E-state index is 12.2. The highest BCUT2D eigenvalue weighted by Crippen LogP contribution is 2.20. The van der Waals surface area contributed by atoms with Crippen molar-refractivity contribution in [2.45, 2.75) is 24.8 Å². The van der Waals surface area contributed by atoms with Crippen LogP contribution in [-0.4, -0.2) is 17.1 Å². The Morgan fingerprint density at radius 2 is 2.04 bits per heavy atom. The van der Waals surface area contributed by atoms with Gasteiger partial charge in [-0.3, -0.25) is 4.79 Å². The largest absolute Gasteiger partial charge is 0.486 e. The molecule has 2 aromatic carbocycles. The maximum Gasteiger partial charge on any atom is 0.230 e. The van der Waals surface area contributed by atoms with Gasteiger partial charge in [-0.25, -0.2) is 4.98 Å². The van der Waals surface area contributed by atoms with Crippen molar-refractivity contribution in [2.24, 2.45) is 0 Å². The van der Waals surface area contributed by atoms with Crippen LogP contribution in [0, 0.1) is 6.92 Å². The Labute approximate surface area is 161 Å². The van der Waals surface area contributed by atoms with E-state index in [1.807, 2.05) is 67.1 Å². The first kappa shape index (κ1) is 18.5. The summed E-state index contributed by atoms with van der Waals surface area (Å²) >= 11 is 3.15. The number of thiazole rings is 1.